The largest absolute Gasteiger partial charge is 0.465 e. The minimum absolute atomic E-state index is 0.0291. The number of allylic oxidation sites excluding steroid dienone is 6. The van der Waals surface area contributed by atoms with Gasteiger partial charge in [0.2, 0.25) is 0 Å². The van der Waals surface area contributed by atoms with Gasteiger partial charge in [-0.3, -0.25) is 28.8 Å². The molecule has 3 aliphatic carbocycles. The molecule has 66 heavy (non-hydrogen) atoms. The topological polar surface area (TPSA) is 130 Å². The van der Waals surface area contributed by atoms with Gasteiger partial charge in [-0.15, -0.1) is 0 Å². The molecule has 0 saturated heterocycles. The summed E-state index contributed by atoms with van der Waals surface area (Å²) in [6, 6.07) is 0. The predicted octanol–water partition coefficient (Wildman–Crippen LogP) is 12.1. The lowest BCUT2D eigenvalue weighted by Gasteiger charge is -2.39. The van der Waals surface area contributed by atoms with E-state index in [0.29, 0.717) is 42.9 Å². The first-order valence-electron chi connectivity index (χ1n) is 24.7. The molecule has 0 spiro atoms. The average molecular weight is 975 g/mol. The molecule has 0 radical (unpaired) electrons. The third kappa shape index (κ3) is 18.2. The Morgan fingerprint density at radius 3 is 1.00 bits per heavy atom. The van der Waals surface area contributed by atoms with E-state index in [1.54, 1.807) is 35.3 Å². The molecule has 0 heterocycles. The summed E-state index contributed by atoms with van der Waals surface area (Å²) in [5.41, 5.74) is -1.21. The zero-order chi connectivity index (χ0) is 49.5. The molecule has 9 nitrogen and oxygen atoms in total. The Kier molecular flexibility index (Phi) is 23.4. The predicted molar refractivity (Wildman–Crippen MR) is 275 cm³/mol. The molecule has 12 heteroatoms. The lowest BCUT2D eigenvalue weighted by Crippen LogP contribution is -2.39. The van der Waals surface area contributed by atoms with Gasteiger partial charge < -0.3 is 14.2 Å². The highest BCUT2D eigenvalue weighted by molar-refractivity contribution is 8.00. The van der Waals surface area contributed by atoms with Crippen LogP contribution in [0, 0.1) is 57.2 Å². The number of carbonyl (C=O) groups excluding carboxylic acids is 6. The van der Waals surface area contributed by atoms with Crippen LogP contribution in [-0.4, -0.2) is 88.1 Å². The van der Waals surface area contributed by atoms with Crippen molar-refractivity contribution in [2.24, 2.45) is 57.2 Å². The molecule has 0 aliphatic heterocycles. The van der Waals surface area contributed by atoms with Crippen molar-refractivity contribution in [2.45, 2.75) is 170 Å². The first-order chi connectivity index (χ1) is 30.8. The molecular weight excluding hydrogens is 889 g/mol. The Morgan fingerprint density at radius 2 is 0.773 bits per heavy atom. The lowest BCUT2D eigenvalue weighted by molar-refractivity contribution is -0.162. The van der Waals surface area contributed by atoms with Gasteiger partial charge in [-0.2, -0.15) is 35.3 Å². The quantitative estimate of drug-likeness (QED) is 0.0420. The summed E-state index contributed by atoms with van der Waals surface area (Å²) in [4.78, 5) is 79.6. The van der Waals surface area contributed by atoms with Gasteiger partial charge in [0, 0.05) is 70.0 Å². The maximum atomic E-state index is 13.4. The van der Waals surface area contributed by atoms with Crippen LogP contribution in [0.15, 0.2) is 36.5 Å². The van der Waals surface area contributed by atoms with Gasteiger partial charge in [0.15, 0.2) is 0 Å². The molecule has 3 rings (SSSR count). The lowest BCUT2D eigenvalue weighted by atomic mass is 9.65. The number of hydrogen-bond donors (Lipinski definition) is 0. The minimum atomic E-state index is -0.957. The maximum absolute atomic E-state index is 13.4. The molecule has 0 aromatic carbocycles. The molecule has 0 aromatic heterocycles. The van der Waals surface area contributed by atoms with Gasteiger partial charge >= 0.3 is 17.9 Å². The summed E-state index contributed by atoms with van der Waals surface area (Å²) < 4.78 is 17.4. The van der Waals surface area contributed by atoms with Crippen molar-refractivity contribution in [1.29, 1.82) is 0 Å². The van der Waals surface area contributed by atoms with Crippen molar-refractivity contribution >= 4 is 70.5 Å². The summed E-state index contributed by atoms with van der Waals surface area (Å²) >= 11 is 4.74. The maximum Gasteiger partial charge on any atom is 0.306 e. The Hall–Kier alpha value is -2.31. The van der Waals surface area contributed by atoms with Gasteiger partial charge in [-0.1, -0.05) is 126 Å². The van der Waals surface area contributed by atoms with Gasteiger partial charge in [0.25, 0.3) is 0 Å². The van der Waals surface area contributed by atoms with Crippen LogP contribution in [0.1, 0.15) is 154 Å². The first kappa shape index (κ1) is 58.0. The minimum Gasteiger partial charge on any atom is -0.465 e. The Bertz CT molecular complexity index is 1540. The van der Waals surface area contributed by atoms with Gasteiger partial charge in [0.05, 0.1) is 24.7 Å². The van der Waals surface area contributed by atoms with E-state index < -0.39 is 23.3 Å². The number of ether oxygens (including phenoxy) is 3. The molecule has 3 aliphatic rings. The molecule has 0 fully saturated rings. The Balaban J connectivity index is 1.53. The SMILES string of the molecule is CCC(COC(=O)CCSC(C)CC(=O)C1C(C)C=CCC1(C)C)(COC(=O)CCS[C@H](C)CC(=O)C1C(C)C=CCC1(C)C)COC(=O)CCS[C@@H](C)CC(=O)C1C(C)C=CCC1(C)C. The van der Waals surface area contributed by atoms with E-state index in [9.17, 15) is 28.8 Å². The standard InChI is InChI=1S/C54H86O9S3/c1-14-54(33-61-45(58)21-27-64-39(5)30-42(55)48-36(2)18-15-24-51(48,8)9,34-62-46(59)22-28-65-40(6)31-43(56)49-37(3)19-16-25-52(49,10)11)35-63-47(60)23-29-66-41(7)32-44(57)50-38(4)20-17-26-53(50,12)13/h15-20,36-41,48-50H,14,21-35H2,1-13H3/t36?,37?,38?,39-,40+,41?,48?,49?,50?,54?. The summed E-state index contributed by atoms with van der Waals surface area (Å²) in [6.07, 6.45) is 17.8. The molecule has 0 bridgehead atoms. The number of esters is 3. The molecular formula is C54H86O9S3. The molecule has 0 amide bonds. The van der Waals surface area contributed by atoms with Crippen molar-refractivity contribution in [3.63, 3.8) is 0 Å². The molecule has 0 saturated carbocycles. The number of thioether (sulfide) groups is 3. The van der Waals surface area contributed by atoms with Crippen molar-refractivity contribution in [3.05, 3.63) is 36.5 Å². The van der Waals surface area contributed by atoms with E-state index in [0.717, 1.165) is 19.3 Å². The summed E-state index contributed by atoms with van der Waals surface area (Å²) in [5.74, 6) is 1.54. The summed E-state index contributed by atoms with van der Waals surface area (Å²) in [6.45, 7) is 27.0. The van der Waals surface area contributed by atoms with Crippen LogP contribution in [0.25, 0.3) is 0 Å². The molecule has 0 N–H and O–H groups in total. The van der Waals surface area contributed by atoms with Gasteiger partial charge in [0.1, 0.15) is 37.2 Å². The first-order valence-corrected chi connectivity index (χ1v) is 27.9. The highest BCUT2D eigenvalue weighted by Crippen LogP contribution is 2.44. The van der Waals surface area contributed by atoms with Crippen molar-refractivity contribution in [3.8, 4) is 0 Å². The number of carbonyl (C=O) groups is 6. The van der Waals surface area contributed by atoms with Crippen molar-refractivity contribution in [2.75, 3.05) is 37.1 Å². The average Bonchev–Trinajstić information content (AvgIpc) is 3.19. The van der Waals surface area contributed by atoms with Crippen molar-refractivity contribution < 1.29 is 43.0 Å². The molecule has 10 atom stereocenters. The summed E-state index contributed by atoms with van der Waals surface area (Å²) in [5, 5.41) is 0.143. The van der Waals surface area contributed by atoms with E-state index in [4.69, 9.17) is 14.2 Å². The van der Waals surface area contributed by atoms with Gasteiger partial charge in [-0.25, -0.2) is 0 Å². The second-order valence-electron chi connectivity index (χ2n) is 22.0. The zero-order valence-corrected chi connectivity index (χ0v) is 45.3. The molecule has 8 unspecified atom stereocenters. The van der Waals surface area contributed by atoms with Crippen molar-refractivity contribution in [1.82, 2.24) is 0 Å². The number of Topliss-reactive ketones (excluding diaryl/α,β-unsaturated/α-hetero) is 3. The number of ketones is 3. The van der Waals surface area contributed by atoms with Crippen LogP contribution in [0.4, 0.5) is 0 Å². The smallest absolute Gasteiger partial charge is 0.306 e. The van der Waals surface area contributed by atoms with E-state index in [1.807, 2.05) is 27.7 Å². The zero-order valence-electron chi connectivity index (χ0n) is 42.9. The molecule has 374 valence electrons. The van der Waals surface area contributed by atoms with Crippen LogP contribution in [0.3, 0.4) is 0 Å². The number of hydrogen-bond acceptors (Lipinski definition) is 12. The fourth-order valence-corrected chi connectivity index (χ4v) is 13.5. The second-order valence-corrected chi connectivity index (χ2v) is 26.7. The number of rotatable bonds is 28. The highest BCUT2D eigenvalue weighted by Gasteiger charge is 2.42. The fourth-order valence-electron chi connectivity index (χ4n) is 10.6. The summed E-state index contributed by atoms with van der Waals surface area (Å²) in [7, 11) is 0. The van der Waals surface area contributed by atoms with E-state index in [1.165, 1.54) is 0 Å². The second kappa shape index (κ2) is 26.6. The van der Waals surface area contributed by atoms with E-state index in [2.05, 4.69) is 98.8 Å². The Morgan fingerprint density at radius 1 is 0.515 bits per heavy atom. The van der Waals surface area contributed by atoms with E-state index in [-0.39, 0.29) is 124 Å². The normalized spacial score (nSPS) is 26.3. The van der Waals surface area contributed by atoms with Gasteiger partial charge in [-0.05, 0) is 59.7 Å². The highest BCUT2D eigenvalue weighted by atomic mass is 32.2. The van der Waals surface area contributed by atoms with Crippen LogP contribution in [0.5, 0.6) is 0 Å². The van der Waals surface area contributed by atoms with E-state index >= 15 is 0 Å². The van der Waals surface area contributed by atoms with Crippen LogP contribution >= 0.6 is 35.3 Å². The van der Waals surface area contributed by atoms with Crippen LogP contribution in [-0.2, 0) is 43.0 Å². The third-order valence-corrected chi connectivity index (χ3v) is 17.9. The molecule has 0 aromatic rings. The van der Waals surface area contributed by atoms with Crippen LogP contribution in [0.2, 0.25) is 0 Å². The monoisotopic (exact) mass is 975 g/mol. The van der Waals surface area contributed by atoms with Crippen LogP contribution < -0.4 is 0 Å². The Labute approximate surface area is 412 Å². The fraction of sp³-hybridized carbons (Fsp3) is 0.778. The third-order valence-electron chi connectivity index (χ3n) is 14.4.